The van der Waals surface area contributed by atoms with Gasteiger partial charge in [-0.1, -0.05) is 0 Å². The average molecular weight is 315 g/mol. The molecule has 22 heavy (non-hydrogen) atoms. The molecule has 6 nitrogen and oxygen atoms in total. The Balaban J connectivity index is 1.79. The third-order valence-corrected chi connectivity index (χ3v) is 5.27. The highest BCUT2D eigenvalue weighted by Gasteiger charge is 2.27. The van der Waals surface area contributed by atoms with Crippen LogP contribution in [0.1, 0.15) is 23.4 Å². The topological polar surface area (TPSA) is 67.1 Å². The Hall–Kier alpha value is -1.99. The molecule has 0 unspecified atom stereocenters. The van der Waals surface area contributed by atoms with E-state index in [1.165, 1.54) is 10.4 Å². The van der Waals surface area contributed by atoms with E-state index in [0.29, 0.717) is 12.6 Å². The quantitative estimate of drug-likeness (QED) is 0.801. The highest BCUT2D eigenvalue weighted by Crippen LogP contribution is 2.37. The molecule has 0 bridgehead atoms. The molecule has 1 aliphatic heterocycles. The molecule has 0 saturated carbocycles. The smallest absolute Gasteiger partial charge is 0.163 e. The van der Waals surface area contributed by atoms with Gasteiger partial charge in [0.2, 0.25) is 0 Å². The molecule has 1 atom stereocenters. The van der Waals surface area contributed by atoms with Crippen LogP contribution in [-0.4, -0.2) is 38.0 Å². The Morgan fingerprint density at radius 2 is 2.32 bits per heavy atom. The molecule has 0 amide bonds. The maximum Gasteiger partial charge on any atom is 0.163 e. The SMILES string of the molecule is C[C@H]1c2ccsc2CCN1c1ncnc2c1cnn2CCO. The molecule has 3 aromatic heterocycles. The number of fused-ring (bicyclic) bond motifs is 2. The Bertz CT molecular complexity index is 811. The van der Waals surface area contributed by atoms with Crippen LogP contribution in [0.5, 0.6) is 0 Å². The number of aliphatic hydroxyl groups excluding tert-OH is 1. The number of thiophene rings is 1. The first-order chi connectivity index (χ1) is 10.8. The van der Waals surface area contributed by atoms with E-state index in [4.69, 9.17) is 5.11 Å². The van der Waals surface area contributed by atoms with Crippen molar-refractivity contribution in [1.82, 2.24) is 19.7 Å². The van der Waals surface area contributed by atoms with Gasteiger partial charge in [-0.2, -0.15) is 5.10 Å². The molecule has 114 valence electrons. The normalized spacial score (nSPS) is 17.9. The van der Waals surface area contributed by atoms with Crippen LogP contribution in [0.15, 0.2) is 24.0 Å². The third kappa shape index (κ3) is 2.00. The van der Waals surface area contributed by atoms with Crippen LogP contribution in [0.4, 0.5) is 5.82 Å². The molecule has 0 radical (unpaired) electrons. The summed E-state index contributed by atoms with van der Waals surface area (Å²) >= 11 is 1.84. The summed E-state index contributed by atoms with van der Waals surface area (Å²) < 4.78 is 1.73. The first-order valence-electron chi connectivity index (χ1n) is 7.40. The fourth-order valence-electron chi connectivity index (χ4n) is 3.17. The van der Waals surface area contributed by atoms with Crippen molar-refractivity contribution in [3.63, 3.8) is 0 Å². The number of aromatic nitrogens is 4. The van der Waals surface area contributed by atoms with Crippen LogP contribution in [0.25, 0.3) is 11.0 Å². The molecule has 0 spiro atoms. The maximum atomic E-state index is 9.13. The molecular formula is C15H17N5OS. The Labute approximate surface area is 132 Å². The zero-order chi connectivity index (χ0) is 15.1. The van der Waals surface area contributed by atoms with Gasteiger partial charge < -0.3 is 10.0 Å². The van der Waals surface area contributed by atoms with Gasteiger partial charge in [-0.25, -0.2) is 14.6 Å². The monoisotopic (exact) mass is 315 g/mol. The van der Waals surface area contributed by atoms with E-state index in [0.717, 1.165) is 29.8 Å². The number of nitrogens with zero attached hydrogens (tertiary/aromatic N) is 5. The summed E-state index contributed by atoms with van der Waals surface area (Å²) in [5.41, 5.74) is 2.17. The second kappa shape index (κ2) is 5.33. The van der Waals surface area contributed by atoms with Crippen LogP contribution in [0.2, 0.25) is 0 Å². The van der Waals surface area contributed by atoms with Gasteiger partial charge in [-0.15, -0.1) is 11.3 Å². The summed E-state index contributed by atoms with van der Waals surface area (Å²) in [6.45, 7) is 3.67. The lowest BCUT2D eigenvalue weighted by atomic mass is 10.0. The van der Waals surface area contributed by atoms with E-state index in [-0.39, 0.29) is 6.61 Å². The average Bonchev–Trinajstić information content (AvgIpc) is 3.16. The van der Waals surface area contributed by atoms with Crippen molar-refractivity contribution in [3.05, 3.63) is 34.4 Å². The van der Waals surface area contributed by atoms with Crippen molar-refractivity contribution in [2.45, 2.75) is 25.9 Å². The van der Waals surface area contributed by atoms with Gasteiger partial charge in [0.1, 0.15) is 12.1 Å². The molecule has 0 aromatic carbocycles. The molecule has 7 heteroatoms. The summed E-state index contributed by atoms with van der Waals surface area (Å²) in [6.07, 6.45) is 4.44. The molecule has 3 aromatic rings. The third-order valence-electron chi connectivity index (χ3n) is 4.27. The minimum Gasteiger partial charge on any atom is -0.394 e. The predicted molar refractivity (Wildman–Crippen MR) is 86.2 cm³/mol. The number of aliphatic hydroxyl groups is 1. The van der Waals surface area contributed by atoms with Gasteiger partial charge in [-0.3, -0.25) is 0 Å². The molecule has 4 heterocycles. The van der Waals surface area contributed by atoms with Crippen LogP contribution in [-0.2, 0) is 13.0 Å². The fraction of sp³-hybridized carbons (Fsp3) is 0.400. The lowest BCUT2D eigenvalue weighted by Crippen LogP contribution is -2.33. The number of hydrogen-bond acceptors (Lipinski definition) is 6. The van der Waals surface area contributed by atoms with E-state index in [1.54, 1.807) is 17.2 Å². The molecule has 0 aliphatic carbocycles. The van der Waals surface area contributed by atoms with E-state index in [9.17, 15) is 0 Å². The van der Waals surface area contributed by atoms with Crippen molar-refractivity contribution in [3.8, 4) is 0 Å². The molecule has 0 saturated heterocycles. The van der Waals surface area contributed by atoms with Crippen molar-refractivity contribution in [2.24, 2.45) is 0 Å². The van der Waals surface area contributed by atoms with Crippen molar-refractivity contribution >= 4 is 28.2 Å². The Morgan fingerprint density at radius 3 is 3.18 bits per heavy atom. The zero-order valence-corrected chi connectivity index (χ0v) is 13.1. The minimum atomic E-state index is 0.0501. The molecule has 1 aliphatic rings. The van der Waals surface area contributed by atoms with Crippen LogP contribution in [0, 0.1) is 0 Å². The zero-order valence-electron chi connectivity index (χ0n) is 12.3. The predicted octanol–water partition coefficient (Wildman–Crippen LogP) is 2.00. The number of anilines is 1. The van der Waals surface area contributed by atoms with Gasteiger partial charge in [0, 0.05) is 11.4 Å². The lowest BCUT2D eigenvalue weighted by Gasteiger charge is -2.34. The largest absolute Gasteiger partial charge is 0.394 e. The highest BCUT2D eigenvalue weighted by atomic mass is 32.1. The molecule has 1 N–H and O–H groups in total. The van der Waals surface area contributed by atoms with E-state index in [2.05, 4.69) is 38.3 Å². The molecule has 0 fully saturated rings. The second-order valence-electron chi connectivity index (χ2n) is 5.44. The van der Waals surface area contributed by atoms with Crippen molar-refractivity contribution in [2.75, 3.05) is 18.1 Å². The maximum absolute atomic E-state index is 9.13. The highest BCUT2D eigenvalue weighted by molar-refractivity contribution is 7.10. The van der Waals surface area contributed by atoms with Gasteiger partial charge >= 0.3 is 0 Å². The summed E-state index contributed by atoms with van der Waals surface area (Å²) in [7, 11) is 0. The van der Waals surface area contributed by atoms with Gasteiger partial charge in [0.15, 0.2) is 5.65 Å². The number of hydrogen-bond donors (Lipinski definition) is 1. The van der Waals surface area contributed by atoms with Crippen molar-refractivity contribution in [1.29, 1.82) is 0 Å². The first kappa shape index (κ1) is 13.7. The van der Waals surface area contributed by atoms with Crippen LogP contribution < -0.4 is 4.90 Å². The summed E-state index contributed by atoms with van der Waals surface area (Å²) in [5.74, 6) is 0.929. The standard InChI is InChI=1S/C15H17N5OS/c1-10-11-3-7-22-13(11)2-4-19(10)14-12-8-18-20(5-6-21)15(12)17-9-16-14/h3,7-10,21H,2,4-6H2,1H3/t10-/m0/s1. The summed E-state index contributed by atoms with van der Waals surface area (Å²) in [5, 5.41) is 16.6. The van der Waals surface area contributed by atoms with Crippen LogP contribution >= 0.6 is 11.3 Å². The Kier molecular flexibility index (Phi) is 3.31. The molecule has 4 rings (SSSR count). The Morgan fingerprint density at radius 1 is 1.41 bits per heavy atom. The lowest BCUT2D eigenvalue weighted by molar-refractivity contribution is 0.271. The van der Waals surface area contributed by atoms with Gasteiger partial charge in [0.25, 0.3) is 0 Å². The molecular weight excluding hydrogens is 298 g/mol. The van der Waals surface area contributed by atoms with E-state index >= 15 is 0 Å². The summed E-state index contributed by atoms with van der Waals surface area (Å²) in [6, 6.07) is 2.51. The number of rotatable bonds is 3. The van der Waals surface area contributed by atoms with E-state index in [1.807, 2.05) is 11.3 Å². The van der Waals surface area contributed by atoms with Crippen molar-refractivity contribution < 1.29 is 5.11 Å². The summed E-state index contributed by atoms with van der Waals surface area (Å²) in [4.78, 5) is 12.6. The first-order valence-corrected chi connectivity index (χ1v) is 8.28. The minimum absolute atomic E-state index is 0.0501. The fourth-order valence-corrected chi connectivity index (χ4v) is 4.13. The van der Waals surface area contributed by atoms with Crippen LogP contribution in [0.3, 0.4) is 0 Å². The van der Waals surface area contributed by atoms with Gasteiger partial charge in [0.05, 0.1) is 30.8 Å². The van der Waals surface area contributed by atoms with Gasteiger partial charge in [-0.05, 0) is 30.4 Å². The second-order valence-corrected chi connectivity index (χ2v) is 6.45. The van der Waals surface area contributed by atoms with E-state index < -0.39 is 0 Å².